The number of hydrogen-bond acceptors (Lipinski definition) is 0. The molecule has 0 fully saturated rings. The van der Waals surface area contributed by atoms with Crippen molar-refractivity contribution >= 4 is 0 Å². The van der Waals surface area contributed by atoms with Gasteiger partial charge in [-0.15, -0.1) is 0 Å². The minimum Gasteiger partial charge on any atom is -0.0683 e. The van der Waals surface area contributed by atoms with E-state index in [2.05, 4.69) is 55.4 Å². The van der Waals surface area contributed by atoms with Gasteiger partial charge in [-0.05, 0) is 0 Å². The van der Waals surface area contributed by atoms with E-state index >= 15 is 0 Å². The van der Waals surface area contributed by atoms with Gasteiger partial charge in [-0.1, -0.05) is 203 Å². The van der Waals surface area contributed by atoms with Gasteiger partial charge in [-0.3, -0.25) is 0 Å². The second-order valence-electron chi connectivity index (χ2n) is 4.71. The largest absolute Gasteiger partial charge is 0.0683 e. The molecular weight excluding hydrogens is 360 g/mol. The molecule has 0 saturated carbocycles. The fourth-order valence-corrected chi connectivity index (χ4v) is 0.707. The zero-order valence-electron chi connectivity index (χ0n) is 27.1. The van der Waals surface area contributed by atoms with Crippen LogP contribution in [-0.4, -0.2) is 0 Å². The summed E-state index contributed by atoms with van der Waals surface area (Å²) < 4.78 is 0. The fourth-order valence-electron chi connectivity index (χ4n) is 0.707. The topological polar surface area (TPSA) is 0 Å². The summed E-state index contributed by atoms with van der Waals surface area (Å²) >= 11 is 0. The van der Waals surface area contributed by atoms with Crippen molar-refractivity contribution in [3.8, 4) is 0 Å². The van der Waals surface area contributed by atoms with Crippen LogP contribution in [0.2, 0.25) is 0 Å². The highest BCUT2D eigenvalue weighted by Crippen LogP contribution is 1.88. The van der Waals surface area contributed by atoms with Crippen molar-refractivity contribution in [2.24, 2.45) is 0 Å². The van der Waals surface area contributed by atoms with Crippen molar-refractivity contribution in [1.29, 1.82) is 0 Å². The zero-order chi connectivity index (χ0) is 27.1. The monoisotopic (exact) mass is 441 g/mol. The van der Waals surface area contributed by atoms with Crippen molar-refractivity contribution in [2.45, 2.75) is 203 Å². The highest BCUT2D eigenvalue weighted by molar-refractivity contribution is 4.24. The van der Waals surface area contributed by atoms with E-state index in [9.17, 15) is 0 Å². The lowest BCUT2D eigenvalue weighted by atomic mass is 10.3. The molecule has 0 aromatic carbocycles. The van der Waals surface area contributed by atoms with Crippen LogP contribution in [0.4, 0.5) is 0 Å². The second kappa shape index (κ2) is 227. The lowest BCUT2D eigenvalue weighted by Crippen LogP contribution is -1.59. The molecule has 0 radical (unpaired) electrons. The summed E-state index contributed by atoms with van der Waals surface area (Å²) in [6.45, 7) is 41.6. The van der Waals surface area contributed by atoms with E-state index in [4.69, 9.17) is 0 Å². The van der Waals surface area contributed by atoms with E-state index in [1.54, 1.807) is 0 Å². The first-order valence-corrected chi connectivity index (χ1v) is 14.7. The van der Waals surface area contributed by atoms with Crippen molar-refractivity contribution in [3.63, 3.8) is 0 Å². The number of hydrogen-bond donors (Lipinski definition) is 0. The van der Waals surface area contributed by atoms with Gasteiger partial charge in [0.2, 0.25) is 0 Å². The quantitative estimate of drug-likeness (QED) is 0.385. The Labute approximate surface area is 202 Å². The van der Waals surface area contributed by atoms with E-state index in [1.807, 2.05) is 83.1 Å². The Kier molecular flexibility index (Phi) is 478. The first-order chi connectivity index (χ1) is 14.7. The molecule has 0 heteroatoms. The van der Waals surface area contributed by atoms with Crippen LogP contribution in [0.1, 0.15) is 203 Å². The van der Waals surface area contributed by atoms with E-state index in [-0.39, 0.29) is 0 Å². The Hall–Kier alpha value is 0. The van der Waals surface area contributed by atoms with Crippen LogP contribution < -0.4 is 0 Å². The van der Waals surface area contributed by atoms with Crippen LogP contribution >= 0.6 is 0 Å². The Morgan fingerprint density at radius 3 is 0.300 bits per heavy atom. The van der Waals surface area contributed by atoms with Gasteiger partial charge in [-0.25, -0.2) is 0 Å². The van der Waals surface area contributed by atoms with Gasteiger partial charge < -0.3 is 0 Å². The standard InChI is InChI=1S/2C5H12.2C4H10.6C2H6/c2*1-3-5-4-2;2*1-3-4-2;6*1-2/h2*3-5H2,1-2H3;2*3-4H2,1-2H3;6*1-2H3. The first kappa shape index (κ1) is 63.1. The lowest BCUT2D eigenvalue weighted by molar-refractivity contribution is 0.772. The Morgan fingerprint density at radius 2 is 0.300 bits per heavy atom. The lowest BCUT2D eigenvalue weighted by Gasteiger charge is -1.79. The molecule has 0 aliphatic heterocycles. The second-order valence-corrected chi connectivity index (χ2v) is 4.71. The molecule has 0 heterocycles. The van der Waals surface area contributed by atoms with Gasteiger partial charge in [0, 0.05) is 0 Å². The number of unbranched alkanes of at least 4 members (excludes halogenated alkanes) is 6. The van der Waals surface area contributed by atoms with Crippen LogP contribution in [0, 0.1) is 0 Å². The van der Waals surface area contributed by atoms with Gasteiger partial charge in [0.25, 0.3) is 0 Å². The smallest absolute Gasteiger partial charge is 0.0538 e. The van der Waals surface area contributed by atoms with Crippen molar-refractivity contribution in [2.75, 3.05) is 0 Å². The number of rotatable bonds is 6. The molecule has 0 aliphatic rings. The predicted molar refractivity (Wildman–Crippen MR) is 160 cm³/mol. The van der Waals surface area contributed by atoms with Gasteiger partial charge >= 0.3 is 0 Å². The Bertz CT molecular complexity index is 48.4. The van der Waals surface area contributed by atoms with Crippen molar-refractivity contribution in [3.05, 3.63) is 0 Å². The molecule has 200 valence electrons. The third kappa shape index (κ3) is 567. The normalized spacial score (nSPS) is 6.00. The molecule has 0 unspecified atom stereocenters. The fraction of sp³-hybridized carbons (Fsp3) is 1.00. The average Bonchev–Trinajstić information content (AvgIpc) is 2.88. The molecule has 0 bridgehead atoms. The third-order valence-corrected chi connectivity index (χ3v) is 2.41. The minimum atomic E-state index is 1.32. The molecule has 0 spiro atoms. The molecule has 0 saturated heterocycles. The molecule has 0 aliphatic carbocycles. The summed E-state index contributed by atoms with van der Waals surface area (Å²) in [6.07, 6.45) is 13.4. The Morgan fingerprint density at radius 1 is 0.200 bits per heavy atom. The molecule has 0 aromatic heterocycles. The van der Waals surface area contributed by atoms with Crippen LogP contribution in [0.5, 0.6) is 0 Å². The maximum absolute atomic E-state index is 2.21. The van der Waals surface area contributed by atoms with Crippen molar-refractivity contribution < 1.29 is 0 Å². The van der Waals surface area contributed by atoms with Crippen molar-refractivity contribution in [1.82, 2.24) is 0 Å². The van der Waals surface area contributed by atoms with E-state index in [0.717, 1.165) is 0 Å². The van der Waals surface area contributed by atoms with E-state index < -0.39 is 0 Å². The third-order valence-electron chi connectivity index (χ3n) is 2.41. The highest BCUT2D eigenvalue weighted by atomic mass is 13.8. The van der Waals surface area contributed by atoms with Crippen LogP contribution in [0.25, 0.3) is 0 Å². The van der Waals surface area contributed by atoms with Gasteiger partial charge in [0.1, 0.15) is 0 Å². The summed E-state index contributed by atoms with van der Waals surface area (Å²) in [7, 11) is 0. The predicted octanol–water partition coefficient (Wildman–Crippen LogP) is 14.2. The van der Waals surface area contributed by atoms with E-state index in [1.165, 1.54) is 64.2 Å². The summed E-state index contributed by atoms with van der Waals surface area (Å²) in [6, 6.07) is 0. The first-order valence-electron chi connectivity index (χ1n) is 14.7. The molecule has 0 aromatic rings. The maximum atomic E-state index is 2.21. The summed E-state index contributed by atoms with van der Waals surface area (Å²) in [5, 5.41) is 0. The van der Waals surface area contributed by atoms with Crippen LogP contribution in [0.15, 0.2) is 0 Å². The molecular formula is C30H80. The molecule has 30 heavy (non-hydrogen) atoms. The highest BCUT2D eigenvalue weighted by Gasteiger charge is 1.68. The zero-order valence-corrected chi connectivity index (χ0v) is 27.1. The SMILES string of the molecule is CC.CC.CC.CC.CC.CC.CCCC.CCCC.CCCCC.CCCCC. The average molecular weight is 441 g/mol. The van der Waals surface area contributed by atoms with Gasteiger partial charge in [0.15, 0.2) is 0 Å². The van der Waals surface area contributed by atoms with Crippen LogP contribution in [-0.2, 0) is 0 Å². The summed E-state index contributed by atoms with van der Waals surface area (Å²) in [5.41, 5.74) is 0. The summed E-state index contributed by atoms with van der Waals surface area (Å²) in [5.74, 6) is 0. The summed E-state index contributed by atoms with van der Waals surface area (Å²) in [4.78, 5) is 0. The van der Waals surface area contributed by atoms with E-state index in [0.29, 0.717) is 0 Å². The molecule has 0 N–H and O–H groups in total. The molecule has 0 atom stereocenters. The van der Waals surface area contributed by atoms with Gasteiger partial charge in [-0.2, -0.15) is 0 Å². The van der Waals surface area contributed by atoms with Gasteiger partial charge in [0.05, 0.1) is 0 Å². The minimum absolute atomic E-state index is 1.32. The molecule has 0 amide bonds. The Balaban J connectivity index is -0.0000000191. The molecule has 0 nitrogen and oxygen atoms in total. The van der Waals surface area contributed by atoms with Crippen LogP contribution in [0.3, 0.4) is 0 Å². The maximum Gasteiger partial charge on any atom is -0.0538 e. The molecule has 0 rings (SSSR count).